The SMILES string of the molecule is Fc1ccc(-c2csc(C=Cc3ccsc3)n2)cc1. The lowest BCUT2D eigenvalue weighted by molar-refractivity contribution is 0.628. The normalized spacial score (nSPS) is 11.2. The van der Waals surface area contributed by atoms with Crippen LogP contribution in [0.4, 0.5) is 4.39 Å². The van der Waals surface area contributed by atoms with Gasteiger partial charge >= 0.3 is 0 Å². The first-order chi connectivity index (χ1) is 9.31. The van der Waals surface area contributed by atoms with Crippen molar-refractivity contribution in [3.05, 3.63) is 62.9 Å². The third-order valence-corrected chi connectivity index (χ3v) is 4.13. The average Bonchev–Trinajstić information content (AvgIpc) is 3.09. The predicted molar refractivity (Wildman–Crippen MR) is 80.8 cm³/mol. The van der Waals surface area contributed by atoms with Crippen molar-refractivity contribution in [1.29, 1.82) is 0 Å². The molecule has 0 aliphatic rings. The molecule has 0 fully saturated rings. The second kappa shape index (κ2) is 5.47. The first-order valence-corrected chi connectivity index (χ1v) is 7.55. The Hall–Kier alpha value is -1.78. The molecular weight excluding hydrogens is 277 g/mol. The summed E-state index contributed by atoms with van der Waals surface area (Å²) in [7, 11) is 0. The van der Waals surface area contributed by atoms with Crippen LogP contribution in [0.1, 0.15) is 10.6 Å². The molecule has 0 aliphatic heterocycles. The van der Waals surface area contributed by atoms with Crippen LogP contribution in [0.5, 0.6) is 0 Å². The van der Waals surface area contributed by atoms with Gasteiger partial charge in [-0.3, -0.25) is 0 Å². The molecule has 0 amide bonds. The molecule has 1 nitrogen and oxygen atoms in total. The van der Waals surface area contributed by atoms with Crippen molar-refractivity contribution in [3.63, 3.8) is 0 Å². The fraction of sp³-hybridized carbons (Fsp3) is 0. The summed E-state index contributed by atoms with van der Waals surface area (Å²) >= 11 is 3.26. The standard InChI is InChI=1S/C15H10FNS2/c16-13-4-2-12(3-5-13)14-10-19-15(17-14)6-1-11-7-8-18-9-11/h1-10H. The molecule has 0 N–H and O–H groups in total. The van der Waals surface area contributed by atoms with E-state index in [2.05, 4.69) is 16.4 Å². The summed E-state index contributed by atoms with van der Waals surface area (Å²) in [5.74, 6) is -0.225. The number of benzene rings is 1. The highest BCUT2D eigenvalue weighted by Gasteiger charge is 2.02. The van der Waals surface area contributed by atoms with Crippen molar-refractivity contribution in [1.82, 2.24) is 4.98 Å². The van der Waals surface area contributed by atoms with Gasteiger partial charge in [-0.05, 0) is 52.7 Å². The van der Waals surface area contributed by atoms with E-state index >= 15 is 0 Å². The molecule has 0 aliphatic carbocycles. The van der Waals surface area contributed by atoms with Gasteiger partial charge < -0.3 is 0 Å². The molecule has 0 spiro atoms. The van der Waals surface area contributed by atoms with Gasteiger partial charge in [-0.1, -0.05) is 6.08 Å². The van der Waals surface area contributed by atoms with Gasteiger partial charge in [0.2, 0.25) is 0 Å². The molecular formula is C15H10FNS2. The second-order valence-electron chi connectivity index (χ2n) is 3.97. The monoisotopic (exact) mass is 287 g/mol. The zero-order valence-corrected chi connectivity index (χ0v) is 11.5. The Balaban J connectivity index is 1.81. The van der Waals surface area contributed by atoms with Crippen molar-refractivity contribution >= 4 is 34.8 Å². The highest BCUT2D eigenvalue weighted by Crippen LogP contribution is 2.23. The van der Waals surface area contributed by atoms with Crippen LogP contribution in [0.2, 0.25) is 0 Å². The molecule has 0 unspecified atom stereocenters. The lowest BCUT2D eigenvalue weighted by Gasteiger charge is -1.94. The number of rotatable bonds is 3. The van der Waals surface area contributed by atoms with Crippen LogP contribution in [0, 0.1) is 5.82 Å². The molecule has 3 rings (SSSR count). The third kappa shape index (κ3) is 2.97. The third-order valence-electron chi connectivity index (χ3n) is 2.62. The highest BCUT2D eigenvalue weighted by molar-refractivity contribution is 7.11. The average molecular weight is 287 g/mol. The predicted octanol–water partition coefficient (Wildman–Crippen LogP) is 5.18. The molecule has 4 heteroatoms. The molecule has 2 aromatic heterocycles. The maximum Gasteiger partial charge on any atom is 0.123 e. The van der Waals surface area contributed by atoms with Gasteiger partial charge in [-0.25, -0.2) is 9.37 Å². The summed E-state index contributed by atoms with van der Waals surface area (Å²) in [5.41, 5.74) is 3.01. The maximum atomic E-state index is 12.9. The first kappa shape index (κ1) is 12.3. The minimum Gasteiger partial charge on any atom is -0.237 e. The van der Waals surface area contributed by atoms with Gasteiger partial charge in [0.1, 0.15) is 10.8 Å². The molecule has 2 heterocycles. The number of aromatic nitrogens is 1. The Morgan fingerprint density at radius 3 is 2.58 bits per heavy atom. The Labute approximate surface area is 118 Å². The van der Waals surface area contributed by atoms with Crippen LogP contribution in [0.25, 0.3) is 23.4 Å². The molecule has 3 aromatic rings. The molecule has 19 heavy (non-hydrogen) atoms. The van der Waals surface area contributed by atoms with Gasteiger partial charge in [-0.2, -0.15) is 11.3 Å². The van der Waals surface area contributed by atoms with E-state index < -0.39 is 0 Å². The van der Waals surface area contributed by atoms with E-state index in [9.17, 15) is 4.39 Å². The van der Waals surface area contributed by atoms with Crippen LogP contribution < -0.4 is 0 Å². The van der Waals surface area contributed by atoms with E-state index in [1.165, 1.54) is 17.7 Å². The number of hydrogen-bond donors (Lipinski definition) is 0. The molecule has 1 aromatic carbocycles. The van der Waals surface area contributed by atoms with Crippen LogP contribution in [0.15, 0.2) is 46.5 Å². The molecule has 0 saturated heterocycles. The van der Waals surface area contributed by atoms with E-state index in [0.29, 0.717) is 0 Å². The largest absolute Gasteiger partial charge is 0.237 e. The maximum absolute atomic E-state index is 12.9. The van der Waals surface area contributed by atoms with E-state index in [0.717, 1.165) is 16.3 Å². The summed E-state index contributed by atoms with van der Waals surface area (Å²) in [4.78, 5) is 4.52. The van der Waals surface area contributed by atoms with E-state index in [4.69, 9.17) is 0 Å². The van der Waals surface area contributed by atoms with Gasteiger partial charge in [-0.15, -0.1) is 11.3 Å². The topological polar surface area (TPSA) is 12.9 Å². The summed E-state index contributed by atoms with van der Waals surface area (Å²) in [5, 5.41) is 7.07. The van der Waals surface area contributed by atoms with Crippen LogP contribution >= 0.6 is 22.7 Å². The number of thiophene rings is 1. The Kier molecular flexibility index (Phi) is 3.53. The zero-order chi connectivity index (χ0) is 13.1. The van der Waals surface area contributed by atoms with Crippen molar-refractivity contribution in [2.75, 3.05) is 0 Å². The Morgan fingerprint density at radius 1 is 1.00 bits per heavy atom. The van der Waals surface area contributed by atoms with Gasteiger partial charge in [0, 0.05) is 10.9 Å². The smallest absolute Gasteiger partial charge is 0.123 e. The summed E-state index contributed by atoms with van der Waals surface area (Å²) in [6, 6.07) is 8.47. The number of hydrogen-bond acceptors (Lipinski definition) is 3. The molecule has 0 radical (unpaired) electrons. The van der Waals surface area contributed by atoms with Crippen molar-refractivity contribution < 1.29 is 4.39 Å². The number of nitrogens with zero attached hydrogens (tertiary/aromatic N) is 1. The van der Waals surface area contributed by atoms with Crippen molar-refractivity contribution in [3.8, 4) is 11.3 Å². The minimum atomic E-state index is -0.225. The highest BCUT2D eigenvalue weighted by atomic mass is 32.1. The zero-order valence-electron chi connectivity index (χ0n) is 9.92. The molecule has 94 valence electrons. The fourth-order valence-electron chi connectivity index (χ4n) is 1.65. The van der Waals surface area contributed by atoms with Crippen molar-refractivity contribution in [2.24, 2.45) is 0 Å². The summed E-state index contributed by atoms with van der Waals surface area (Å²) < 4.78 is 12.9. The van der Waals surface area contributed by atoms with Crippen LogP contribution in [-0.2, 0) is 0 Å². The van der Waals surface area contributed by atoms with E-state index in [-0.39, 0.29) is 5.82 Å². The van der Waals surface area contributed by atoms with E-state index in [1.807, 2.05) is 22.9 Å². The van der Waals surface area contributed by atoms with Gasteiger partial charge in [0.15, 0.2) is 0 Å². The van der Waals surface area contributed by atoms with Crippen molar-refractivity contribution in [2.45, 2.75) is 0 Å². The summed E-state index contributed by atoms with van der Waals surface area (Å²) in [6.07, 6.45) is 4.05. The number of halogens is 1. The molecule has 0 atom stereocenters. The first-order valence-electron chi connectivity index (χ1n) is 5.73. The van der Waals surface area contributed by atoms with E-state index in [1.54, 1.807) is 34.8 Å². The van der Waals surface area contributed by atoms with Crippen LogP contribution in [-0.4, -0.2) is 4.98 Å². The van der Waals surface area contributed by atoms with Gasteiger partial charge in [0.05, 0.1) is 5.69 Å². The lowest BCUT2D eigenvalue weighted by Crippen LogP contribution is -1.79. The lowest BCUT2D eigenvalue weighted by atomic mass is 10.2. The van der Waals surface area contributed by atoms with Crippen LogP contribution in [0.3, 0.4) is 0 Å². The molecule has 0 bridgehead atoms. The Bertz CT molecular complexity index is 681. The Morgan fingerprint density at radius 2 is 1.84 bits per heavy atom. The minimum absolute atomic E-state index is 0.225. The quantitative estimate of drug-likeness (QED) is 0.646. The molecule has 0 saturated carbocycles. The summed E-state index contributed by atoms with van der Waals surface area (Å²) in [6.45, 7) is 0. The number of thiazole rings is 1. The second-order valence-corrected chi connectivity index (χ2v) is 5.64. The fourth-order valence-corrected chi connectivity index (χ4v) is 3.00. The van der Waals surface area contributed by atoms with Gasteiger partial charge in [0.25, 0.3) is 0 Å².